The molecule has 0 aliphatic carbocycles. The van der Waals surface area contributed by atoms with Crippen LogP contribution in [0.25, 0.3) is 0 Å². The molecule has 0 aromatic heterocycles. The van der Waals surface area contributed by atoms with Crippen molar-refractivity contribution in [3.05, 3.63) is 0 Å². The lowest BCUT2D eigenvalue weighted by atomic mass is 10.1. The molecular weight excluding hydrogens is 631 g/mol. The quantitative estimate of drug-likeness (QED) is 0.0260. The molecule has 0 saturated heterocycles. The zero-order chi connectivity index (χ0) is 34.5. The third-order valence-corrected chi connectivity index (χ3v) is 9.71. The van der Waals surface area contributed by atoms with Crippen LogP contribution in [0.3, 0.4) is 0 Å². The molecular formula is C36H71N5O4S2. The summed E-state index contributed by atoms with van der Waals surface area (Å²) in [6.07, 6.45) is 21.6. The van der Waals surface area contributed by atoms with Gasteiger partial charge >= 0.3 is 11.9 Å². The van der Waals surface area contributed by atoms with Crippen molar-refractivity contribution in [2.24, 2.45) is 21.5 Å². The van der Waals surface area contributed by atoms with Crippen molar-refractivity contribution in [3.63, 3.8) is 0 Å². The molecule has 0 spiro atoms. The van der Waals surface area contributed by atoms with Crippen LogP contribution in [0.2, 0.25) is 0 Å². The van der Waals surface area contributed by atoms with E-state index in [0.717, 1.165) is 87.5 Å². The summed E-state index contributed by atoms with van der Waals surface area (Å²) in [5.74, 6) is 4.71. The Morgan fingerprint density at radius 2 is 0.915 bits per heavy atom. The summed E-state index contributed by atoms with van der Waals surface area (Å²) in [5, 5.41) is 3.33. The van der Waals surface area contributed by atoms with Crippen LogP contribution in [0.15, 0.2) is 9.98 Å². The van der Waals surface area contributed by atoms with E-state index in [1.165, 1.54) is 64.2 Å². The predicted octanol–water partition coefficient (Wildman–Crippen LogP) is 7.69. The van der Waals surface area contributed by atoms with Crippen molar-refractivity contribution in [2.45, 2.75) is 142 Å². The van der Waals surface area contributed by atoms with Crippen LogP contribution in [0.4, 0.5) is 0 Å². The van der Waals surface area contributed by atoms with Crippen LogP contribution in [-0.2, 0) is 19.1 Å². The maximum absolute atomic E-state index is 11.8. The average molecular weight is 702 g/mol. The van der Waals surface area contributed by atoms with Crippen LogP contribution in [0.1, 0.15) is 142 Å². The number of esters is 2. The predicted molar refractivity (Wildman–Crippen MR) is 206 cm³/mol. The molecule has 0 fully saturated rings. The van der Waals surface area contributed by atoms with E-state index >= 15 is 0 Å². The number of thioether (sulfide) groups is 2. The maximum atomic E-state index is 11.8. The Bertz CT molecular complexity index is 724. The van der Waals surface area contributed by atoms with Crippen molar-refractivity contribution in [1.29, 1.82) is 0 Å². The second-order valence-electron chi connectivity index (χ2n) is 12.1. The number of rotatable bonds is 36. The standard InChI is InChI=1S/C36H71N5O4S2/c1-3-5-7-9-11-13-15-27-44-35(42)21-31-46-29-17-19-33(37)40-25-23-39-24-26-41-34(38)20-18-30-47-32-22-36(43)45-28-16-14-12-10-8-6-4-2/h39H,3-32H2,1-2H3,(H2,37,40)(H2,38,41). The van der Waals surface area contributed by atoms with Gasteiger partial charge in [-0.25, -0.2) is 0 Å². The Labute approximate surface area is 296 Å². The summed E-state index contributed by atoms with van der Waals surface area (Å²) in [6.45, 7) is 8.37. The lowest BCUT2D eigenvalue weighted by molar-refractivity contribution is -0.144. The van der Waals surface area contributed by atoms with Gasteiger partial charge in [-0.1, -0.05) is 90.9 Å². The van der Waals surface area contributed by atoms with Gasteiger partial charge < -0.3 is 26.3 Å². The van der Waals surface area contributed by atoms with Crippen molar-refractivity contribution >= 4 is 47.1 Å². The van der Waals surface area contributed by atoms with Crippen LogP contribution in [-0.4, -0.2) is 86.0 Å². The first kappa shape index (κ1) is 45.5. The van der Waals surface area contributed by atoms with Gasteiger partial charge in [0.05, 0.1) is 50.8 Å². The molecule has 0 amide bonds. The molecule has 0 radical (unpaired) electrons. The fourth-order valence-corrected chi connectivity index (χ4v) is 6.43. The van der Waals surface area contributed by atoms with E-state index < -0.39 is 0 Å². The Morgan fingerprint density at radius 1 is 0.532 bits per heavy atom. The van der Waals surface area contributed by atoms with Gasteiger partial charge in [-0.15, -0.1) is 0 Å². The lowest BCUT2D eigenvalue weighted by Crippen LogP contribution is -2.23. The van der Waals surface area contributed by atoms with E-state index in [1.807, 2.05) is 0 Å². The molecule has 47 heavy (non-hydrogen) atoms. The number of hydrogen-bond acceptors (Lipinski definition) is 9. The number of aliphatic imine (C=N–C) groups is 2. The zero-order valence-corrected chi connectivity index (χ0v) is 31.8. The topological polar surface area (TPSA) is 141 Å². The lowest BCUT2D eigenvalue weighted by Gasteiger charge is -2.06. The summed E-state index contributed by atoms with van der Waals surface area (Å²) >= 11 is 3.54. The minimum Gasteiger partial charge on any atom is -0.466 e. The Hall–Kier alpha value is -1.46. The largest absolute Gasteiger partial charge is 0.466 e. The zero-order valence-electron chi connectivity index (χ0n) is 30.2. The molecule has 0 atom stereocenters. The monoisotopic (exact) mass is 701 g/mol. The molecule has 11 heteroatoms. The van der Waals surface area contributed by atoms with E-state index in [4.69, 9.17) is 20.9 Å². The second-order valence-corrected chi connectivity index (χ2v) is 14.6. The summed E-state index contributed by atoms with van der Waals surface area (Å²) in [6, 6.07) is 0. The number of carbonyl (C=O) groups excluding carboxylic acids is 2. The van der Waals surface area contributed by atoms with E-state index in [2.05, 4.69) is 29.1 Å². The van der Waals surface area contributed by atoms with Gasteiger partial charge in [-0.3, -0.25) is 19.6 Å². The number of hydrogen-bond donors (Lipinski definition) is 3. The minimum absolute atomic E-state index is 0.0827. The number of unbranched alkanes of at least 4 members (excludes halogenated alkanes) is 12. The highest BCUT2D eigenvalue weighted by Crippen LogP contribution is 2.11. The van der Waals surface area contributed by atoms with Crippen LogP contribution in [0.5, 0.6) is 0 Å². The van der Waals surface area contributed by atoms with Crippen LogP contribution < -0.4 is 16.8 Å². The Balaban J connectivity index is 3.51. The molecule has 276 valence electrons. The summed E-state index contributed by atoms with van der Waals surface area (Å²) < 4.78 is 10.7. The van der Waals surface area contributed by atoms with Crippen LogP contribution in [0, 0.1) is 0 Å². The van der Waals surface area contributed by atoms with Gasteiger partial charge in [0.25, 0.3) is 0 Å². The number of amidine groups is 2. The molecule has 0 aromatic rings. The summed E-state index contributed by atoms with van der Waals surface area (Å²) in [7, 11) is 0. The molecule has 5 N–H and O–H groups in total. The first-order valence-electron chi connectivity index (χ1n) is 18.7. The van der Waals surface area contributed by atoms with Crippen molar-refractivity contribution in [1.82, 2.24) is 5.32 Å². The number of nitrogens with two attached hydrogens (primary N) is 2. The highest BCUT2D eigenvalue weighted by atomic mass is 32.2. The first-order chi connectivity index (χ1) is 23.0. The molecule has 0 aromatic carbocycles. The number of carbonyl (C=O) groups is 2. The molecule has 0 aliphatic rings. The van der Waals surface area contributed by atoms with Gasteiger partial charge in [0.15, 0.2) is 0 Å². The molecule has 0 saturated carbocycles. The second kappa shape index (κ2) is 37.4. The number of nitrogens with one attached hydrogen (secondary N) is 1. The third-order valence-electron chi connectivity index (χ3n) is 7.57. The maximum Gasteiger partial charge on any atom is 0.306 e. The van der Waals surface area contributed by atoms with Gasteiger partial charge in [0, 0.05) is 37.4 Å². The first-order valence-corrected chi connectivity index (χ1v) is 21.1. The van der Waals surface area contributed by atoms with Gasteiger partial charge in [0.2, 0.25) is 0 Å². The number of ether oxygens (including phenoxy) is 2. The molecule has 9 nitrogen and oxygen atoms in total. The molecule has 0 heterocycles. The number of nitrogens with zero attached hydrogens (tertiary/aromatic N) is 2. The fourth-order valence-electron chi connectivity index (χ4n) is 4.70. The highest BCUT2D eigenvalue weighted by Gasteiger charge is 2.04. The van der Waals surface area contributed by atoms with Gasteiger partial charge in [-0.2, -0.15) is 23.5 Å². The van der Waals surface area contributed by atoms with E-state index in [9.17, 15) is 9.59 Å². The Morgan fingerprint density at radius 3 is 1.32 bits per heavy atom. The van der Waals surface area contributed by atoms with Crippen LogP contribution >= 0.6 is 23.5 Å². The third kappa shape index (κ3) is 37.2. The van der Waals surface area contributed by atoms with E-state index in [-0.39, 0.29) is 11.9 Å². The Kier molecular flexibility index (Phi) is 36.2. The van der Waals surface area contributed by atoms with Gasteiger partial charge in [0.1, 0.15) is 0 Å². The highest BCUT2D eigenvalue weighted by molar-refractivity contribution is 7.99. The molecule has 0 aliphatic heterocycles. The smallest absolute Gasteiger partial charge is 0.306 e. The fraction of sp³-hybridized carbons (Fsp3) is 0.889. The van der Waals surface area contributed by atoms with Crippen molar-refractivity contribution in [3.8, 4) is 0 Å². The molecule has 0 unspecified atom stereocenters. The van der Waals surface area contributed by atoms with Gasteiger partial charge in [-0.05, 0) is 37.2 Å². The normalized spacial score (nSPS) is 12.0. The minimum atomic E-state index is -0.0827. The van der Waals surface area contributed by atoms with E-state index in [0.29, 0.717) is 50.8 Å². The summed E-state index contributed by atoms with van der Waals surface area (Å²) in [5.41, 5.74) is 12.1. The SMILES string of the molecule is CCCCCCCCCOC(=O)CCSCCCC(N)=NCCNCCN=C(N)CCCSCCC(=O)OCCCCCCCCC. The van der Waals surface area contributed by atoms with Crippen molar-refractivity contribution in [2.75, 3.05) is 62.4 Å². The molecule has 0 rings (SSSR count). The summed E-state index contributed by atoms with van der Waals surface area (Å²) in [4.78, 5) is 32.6. The molecule has 0 bridgehead atoms. The van der Waals surface area contributed by atoms with Crippen molar-refractivity contribution < 1.29 is 19.1 Å². The average Bonchev–Trinajstić information content (AvgIpc) is 3.06. The van der Waals surface area contributed by atoms with E-state index in [1.54, 1.807) is 23.5 Å².